The van der Waals surface area contributed by atoms with Crippen molar-refractivity contribution in [1.29, 1.82) is 0 Å². The minimum atomic E-state index is -3.25. The molecule has 0 spiro atoms. The van der Waals surface area contributed by atoms with Crippen molar-refractivity contribution in [3.63, 3.8) is 0 Å². The molecule has 17 aromatic carbocycles. The molecule has 0 saturated heterocycles. The number of hydrogen-bond acceptors (Lipinski definition) is 3. The fourth-order valence-corrected chi connectivity index (χ4v) is 34.0. The van der Waals surface area contributed by atoms with Gasteiger partial charge in [0.05, 0.1) is 5.69 Å². The van der Waals surface area contributed by atoms with Crippen LogP contribution in [-0.4, -0.2) is 30.9 Å². The molecule has 0 atom stereocenters. The first-order valence-corrected chi connectivity index (χ1v) is 48.2. The highest BCUT2D eigenvalue weighted by Gasteiger charge is 2.50. The summed E-state index contributed by atoms with van der Waals surface area (Å²) in [6.07, 6.45) is 0. The summed E-state index contributed by atoms with van der Waals surface area (Å²) in [5.41, 5.74) is 19.8. The molecule has 0 saturated carbocycles. The quantitative estimate of drug-likeness (QED) is 0.0556. The van der Waals surface area contributed by atoms with Crippen LogP contribution in [0.1, 0.15) is 77.0 Å². The highest BCUT2D eigenvalue weighted by atomic mass is 28.3. The van der Waals surface area contributed by atoms with Gasteiger partial charge in [0.1, 0.15) is 0 Å². The molecular weight excluding hydrogens is 1480 g/mol. The summed E-state index contributed by atoms with van der Waals surface area (Å²) in [4.78, 5) is 7.95. The zero-order valence-corrected chi connectivity index (χ0v) is 71.7. The van der Waals surface area contributed by atoms with Crippen LogP contribution >= 0.6 is 0 Å². The maximum Gasteiger partial charge on any atom is 0.252 e. The largest absolute Gasteiger partial charge is 0.311 e. The van der Waals surface area contributed by atoms with E-state index in [-0.39, 0.29) is 12.1 Å². The molecule has 19 rings (SSSR count). The molecule has 3 nitrogen and oxygen atoms in total. The molecule has 0 unspecified atom stereocenters. The molecule has 0 amide bonds. The van der Waals surface area contributed by atoms with Crippen molar-refractivity contribution in [2.24, 2.45) is 0 Å². The second kappa shape index (κ2) is 31.7. The molecule has 0 aromatic heterocycles. The van der Waals surface area contributed by atoms with Crippen LogP contribution < -0.4 is 93.3 Å². The summed E-state index contributed by atoms with van der Waals surface area (Å²) in [6, 6.07) is 171. The third kappa shape index (κ3) is 13.3. The van der Waals surface area contributed by atoms with E-state index in [1.54, 1.807) is 0 Å². The second-order valence-corrected chi connectivity index (χ2v) is 45.3. The fraction of sp³-hybridized carbons (Fsp3) is 0.0893. The summed E-state index contributed by atoms with van der Waals surface area (Å²) in [5.74, 6) is 0.671. The second-order valence-electron chi connectivity index (χ2n) is 33.8. The standard InChI is InChI=1S/C112H96BN3Si3/c1-81(2)83-61-68-88(69-62-83)114(89-70-63-84(64-71-89)82(3)4)92-78-109-111-110(79-92)116(91-38-36-58-103(77-91)118(96-45-23-11-24-46-96,97-47-25-12-26-48-97)98-49-27-13-28-50-98)108-80-104(119(99-51-29-14-30-52-99,100-53-31-15-32-54-100)101-55-33-16-34-56-101)72-73-105(108)113(111)106-75-86(85-59-66-87(67-60-85)112(5,6)7)65-74-107(106)115(109)90-37-35-57-102(76-90)117(93-39-17-8-18-40-93,94-41-19-9-20-42-94)95-43-21-10-22-44-95/h8-82H,1-7H3. The number of benzene rings is 17. The van der Waals surface area contributed by atoms with Gasteiger partial charge in [-0.05, 0) is 196 Å². The van der Waals surface area contributed by atoms with E-state index in [4.69, 9.17) is 0 Å². The maximum absolute atomic E-state index is 3.25. The smallest absolute Gasteiger partial charge is 0.252 e. The van der Waals surface area contributed by atoms with Gasteiger partial charge in [0.2, 0.25) is 0 Å². The van der Waals surface area contributed by atoms with E-state index in [0.717, 1.165) is 51.2 Å². The Balaban J connectivity index is 0.980. The Morgan fingerprint density at radius 1 is 0.244 bits per heavy atom. The lowest BCUT2D eigenvalue weighted by Crippen LogP contribution is -2.75. The summed E-state index contributed by atoms with van der Waals surface area (Å²) >= 11 is 0. The van der Waals surface area contributed by atoms with Crippen molar-refractivity contribution in [1.82, 2.24) is 0 Å². The lowest BCUT2D eigenvalue weighted by atomic mass is 9.33. The van der Waals surface area contributed by atoms with Gasteiger partial charge in [-0.3, -0.25) is 0 Å². The fourth-order valence-electron chi connectivity index (χ4n) is 19.7. The van der Waals surface area contributed by atoms with Gasteiger partial charge < -0.3 is 14.7 Å². The number of nitrogens with zero attached hydrogens (tertiary/aromatic N) is 3. The van der Waals surface area contributed by atoms with Gasteiger partial charge in [-0.2, -0.15) is 0 Å². The molecular formula is C112H96BN3Si3. The Labute approximate surface area is 706 Å². The number of hydrogen-bond donors (Lipinski definition) is 0. The summed E-state index contributed by atoms with van der Waals surface area (Å²) in [6.45, 7) is 15.8. The zero-order chi connectivity index (χ0) is 80.8. The van der Waals surface area contributed by atoms with Gasteiger partial charge in [-0.15, -0.1) is 0 Å². The number of fused-ring (bicyclic) bond motifs is 4. The van der Waals surface area contributed by atoms with Crippen LogP contribution in [-0.2, 0) is 5.41 Å². The lowest BCUT2D eigenvalue weighted by molar-refractivity contribution is 0.590. The predicted molar refractivity (Wildman–Crippen MR) is 518 cm³/mol. The lowest BCUT2D eigenvalue weighted by Gasteiger charge is -2.46. The molecule has 0 aliphatic carbocycles. The van der Waals surface area contributed by atoms with E-state index in [1.165, 1.54) is 106 Å². The van der Waals surface area contributed by atoms with E-state index in [0.29, 0.717) is 11.8 Å². The molecule has 17 aromatic rings. The first-order chi connectivity index (χ1) is 58.3. The van der Waals surface area contributed by atoms with Crippen molar-refractivity contribution in [2.75, 3.05) is 14.7 Å². The van der Waals surface area contributed by atoms with Crippen LogP contribution in [0, 0.1) is 0 Å². The van der Waals surface area contributed by atoms with Crippen molar-refractivity contribution >= 4 is 161 Å². The highest BCUT2D eigenvalue weighted by molar-refractivity contribution is 7.21. The molecule has 2 aliphatic rings. The molecule has 0 radical (unpaired) electrons. The summed E-state index contributed by atoms with van der Waals surface area (Å²) < 4.78 is 0. The molecule has 119 heavy (non-hydrogen) atoms. The highest BCUT2D eigenvalue weighted by Crippen LogP contribution is 2.49. The number of anilines is 9. The van der Waals surface area contributed by atoms with E-state index in [2.05, 4.69) is 506 Å². The molecule has 2 aliphatic heterocycles. The van der Waals surface area contributed by atoms with Crippen LogP contribution in [0.15, 0.2) is 443 Å². The van der Waals surface area contributed by atoms with E-state index < -0.39 is 24.2 Å². The molecule has 0 bridgehead atoms. The average molecular weight is 1580 g/mol. The van der Waals surface area contributed by atoms with Crippen molar-refractivity contribution in [2.45, 2.75) is 65.7 Å². The van der Waals surface area contributed by atoms with Gasteiger partial charge in [-0.1, -0.05) is 419 Å². The van der Waals surface area contributed by atoms with Gasteiger partial charge in [0.25, 0.3) is 6.71 Å². The van der Waals surface area contributed by atoms with E-state index in [9.17, 15) is 0 Å². The Morgan fingerprint density at radius 2 is 0.555 bits per heavy atom. The third-order valence-electron chi connectivity index (χ3n) is 25.4. The first-order valence-electron chi connectivity index (χ1n) is 42.2. The summed E-state index contributed by atoms with van der Waals surface area (Å²) in [7, 11) is -9.59. The van der Waals surface area contributed by atoms with Crippen LogP contribution in [0.3, 0.4) is 0 Å². The van der Waals surface area contributed by atoms with Crippen LogP contribution in [0.25, 0.3) is 11.1 Å². The molecule has 2 heterocycles. The zero-order valence-electron chi connectivity index (χ0n) is 68.7. The molecule has 7 heteroatoms. The van der Waals surface area contributed by atoms with Crippen molar-refractivity contribution in [3.8, 4) is 11.1 Å². The van der Waals surface area contributed by atoms with Crippen molar-refractivity contribution < 1.29 is 0 Å². The molecule has 574 valence electrons. The minimum Gasteiger partial charge on any atom is -0.311 e. The molecule has 0 fully saturated rings. The van der Waals surface area contributed by atoms with Gasteiger partial charge in [-0.25, -0.2) is 0 Å². The predicted octanol–water partition coefficient (Wildman–Crippen LogP) is 18.6. The van der Waals surface area contributed by atoms with Crippen molar-refractivity contribution in [3.05, 3.63) is 460 Å². The van der Waals surface area contributed by atoms with Gasteiger partial charge in [0.15, 0.2) is 24.2 Å². The van der Waals surface area contributed by atoms with Crippen LogP contribution in [0.5, 0.6) is 0 Å². The normalized spacial score (nSPS) is 12.6. The molecule has 0 N–H and O–H groups in total. The monoisotopic (exact) mass is 1580 g/mol. The minimum absolute atomic E-state index is 0.0264. The number of rotatable bonds is 20. The van der Waals surface area contributed by atoms with Gasteiger partial charge in [0, 0.05) is 45.5 Å². The Morgan fingerprint density at radius 3 is 0.882 bits per heavy atom. The van der Waals surface area contributed by atoms with Crippen LogP contribution in [0.2, 0.25) is 0 Å². The van der Waals surface area contributed by atoms with E-state index in [1.807, 2.05) is 0 Å². The SMILES string of the molecule is CC(C)c1ccc(N(c2ccc(C(C)C)cc2)c2cc3c4c(c2)N(c2cccc([Si](c5ccccc5)(c5ccccc5)c5ccccc5)c2)c2cc([Si](c5ccccc5)(c5ccccc5)c5ccccc5)ccc2B4c2cc(-c4ccc(C(C)(C)C)cc4)ccc2N3c2cccc([Si](c3ccccc3)(c3ccccc3)c3ccccc3)c2)cc1. The first kappa shape index (κ1) is 75.9. The Kier molecular flexibility index (Phi) is 20.2. The van der Waals surface area contributed by atoms with Gasteiger partial charge >= 0.3 is 0 Å². The van der Waals surface area contributed by atoms with Crippen LogP contribution in [0.4, 0.5) is 51.2 Å². The third-order valence-corrected chi connectivity index (χ3v) is 39.7. The average Bonchev–Trinajstić information content (AvgIpc) is 0.683. The maximum atomic E-state index is 2.73. The summed E-state index contributed by atoms with van der Waals surface area (Å²) in [5, 5.41) is 15.8. The Hall–Kier alpha value is -13.1. The Bertz CT molecular complexity index is 6090. The topological polar surface area (TPSA) is 9.72 Å². The van der Waals surface area contributed by atoms with E-state index >= 15 is 0 Å².